The van der Waals surface area contributed by atoms with Crippen molar-refractivity contribution in [1.82, 2.24) is 20.1 Å². The van der Waals surface area contributed by atoms with E-state index in [1.165, 1.54) is 25.7 Å². The molecule has 0 bridgehead atoms. The maximum Gasteiger partial charge on any atom is 0.140 e. The summed E-state index contributed by atoms with van der Waals surface area (Å²) >= 11 is 0. The van der Waals surface area contributed by atoms with Gasteiger partial charge in [-0.15, -0.1) is 0 Å². The first-order valence-corrected chi connectivity index (χ1v) is 7.58. The first kappa shape index (κ1) is 16.2. The summed E-state index contributed by atoms with van der Waals surface area (Å²) in [6.45, 7) is 12.8. The quantitative estimate of drug-likeness (QED) is 0.784. The Hall–Kier alpha value is -0.900. The molecule has 0 amide bonds. The third-order valence-corrected chi connectivity index (χ3v) is 3.45. The second-order valence-electron chi connectivity index (χ2n) is 6.38. The molecular formula is C15H30N4. The summed E-state index contributed by atoms with van der Waals surface area (Å²) in [7, 11) is 0. The van der Waals surface area contributed by atoms with E-state index in [0.717, 1.165) is 24.8 Å². The Morgan fingerprint density at radius 2 is 2.05 bits per heavy atom. The van der Waals surface area contributed by atoms with Gasteiger partial charge in [0.05, 0.1) is 6.54 Å². The lowest BCUT2D eigenvalue weighted by atomic mass is 9.99. The molecule has 0 aliphatic carbocycles. The van der Waals surface area contributed by atoms with Crippen molar-refractivity contribution in [1.29, 1.82) is 0 Å². The predicted octanol–water partition coefficient (Wildman–Crippen LogP) is 3.38. The number of nitrogens with zero attached hydrogens (tertiary/aromatic N) is 3. The predicted molar refractivity (Wildman–Crippen MR) is 79.9 cm³/mol. The van der Waals surface area contributed by atoms with Gasteiger partial charge < -0.3 is 5.32 Å². The zero-order valence-electron chi connectivity index (χ0n) is 13.2. The molecular weight excluding hydrogens is 236 g/mol. The van der Waals surface area contributed by atoms with Crippen LogP contribution in [0.1, 0.15) is 66.1 Å². The molecule has 1 aromatic rings. The summed E-state index contributed by atoms with van der Waals surface area (Å²) in [5, 5.41) is 7.85. The molecule has 1 N–H and O–H groups in total. The van der Waals surface area contributed by atoms with Gasteiger partial charge >= 0.3 is 0 Å². The van der Waals surface area contributed by atoms with Crippen molar-refractivity contribution in [3.63, 3.8) is 0 Å². The van der Waals surface area contributed by atoms with Crippen molar-refractivity contribution in [3.8, 4) is 0 Å². The van der Waals surface area contributed by atoms with Gasteiger partial charge in [0, 0.05) is 12.1 Å². The summed E-state index contributed by atoms with van der Waals surface area (Å²) in [6, 6.07) is 0. The van der Waals surface area contributed by atoms with Crippen molar-refractivity contribution >= 4 is 0 Å². The van der Waals surface area contributed by atoms with Crippen LogP contribution in [-0.4, -0.2) is 20.3 Å². The zero-order valence-corrected chi connectivity index (χ0v) is 13.2. The Morgan fingerprint density at radius 1 is 1.32 bits per heavy atom. The zero-order chi connectivity index (χ0) is 14.3. The molecule has 0 saturated carbocycles. The summed E-state index contributed by atoms with van der Waals surface area (Å²) in [5.41, 5.74) is 0.114. The van der Waals surface area contributed by atoms with Gasteiger partial charge in [0.2, 0.25) is 0 Å². The van der Waals surface area contributed by atoms with E-state index < -0.39 is 0 Å². The van der Waals surface area contributed by atoms with Crippen LogP contribution in [0.3, 0.4) is 0 Å². The molecule has 19 heavy (non-hydrogen) atoms. The number of nitrogens with one attached hydrogen (secondary N) is 1. The summed E-state index contributed by atoms with van der Waals surface area (Å²) in [6.07, 6.45) is 6.76. The summed E-state index contributed by atoms with van der Waals surface area (Å²) in [4.78, 5) is 4.38. The maximum atomic E-state index is 4.38. The van der Waals surface area contributed by atoms with Crippen molar-refractivity contribution in [3.05, 3.63) is 12.2 Å². The Labute approximate surface area is 118 Å². The average molecular weight is 266 g/mol. The fraction of sp³-hybridized carbons (Fsp3) is 0.867. The van der Waals surface area contributed by atoms with Gasteiger partial charge in [-0.2, -0.15) is 5.10 Å². The van der Waals surface area contributed by atoms with Crippen LogP contribution in [0.25, 0.3) is 0 Å². The molecule has 110 valence electrons. The van der Waals surface area contributed by atoms with E-state index in [0.29, 0.717) is 0 Å². The molecule has 1 heterocycles. The first-order chi connectivity index (χ1) is 8.96. The van der Waals surface area contributed by atoms with Crippen LogP contribution in [0.15, 0.2) is 6.33 Å². The molecule has 0 radical (unpaired) electrons. The highest BCUT2D eigenvalue weighted by Gasteiger charge is 2.14. The molecule has 0 fully saturated rings. The van der Waals surface area contributed by atoms with E-state index in [1.807, 2.05) is 0 Å². The minimum Gasteiger partial charge on any atom is -0.305 e. The fourth-order valence-corrected chi connectivity index (χ4v) is 2.08. The fourth-order valence-electron chi connectivity index (χ4n) is 2.08. The van der Waals surface area contributed by atoms with E-state index in [1.54, 1.807) is 6.33 Å². The first-order valence-electron chi connectivity index (χ1n) is 7.58. The lowest BCUT2D eigenvalue weighted by Crippen LogP contribution is -2.36. The van der Waals surface area contributed by atoms with E-state index in [2.05, 4.69) is 54.7 Å². The Balaban J connectivity index is 2.56. The van der Waals surface area contributed by atoms with Crippen LogP contribution >= 0.6 is 0 Å². The Kier molecular flexibility index (Phi) is 6.49. The molecule has 1 unspecified atom stereocenters. The molecule has 0 saturated heterocycles. The van der Waals surface area contributed by atoms with E-state index in [-0.39, 0.29) is 5.54 Å². The van der Waals surface area contributed by atoms with E-state index in [4.69, 9.17) is 0 Å². The van der Waals surface area contributed by atoms with E-state index >= 15 is 0 Å². The second-order valence-corrected chi connectivity index (χ2v) is 6.38. The Morgan fingerprint density at radius 3 is 2.63 bits per heavy atom. The molecule has 1 aromatic heterocycles. The van der Waals surface area contributed by atoms with Crippen LogP contribution in [0.4, 0.5) is 0 Å². The van der Waals surface area contributed by atoms with E-state index in [9.17, 15) is 0 Å². The lowest BCUT2D eigenvalue weighted by Gasteiger charge is -2.21. The van der Waals surface area contributed by atoms with Crippen molar-refractivity contribution in [2.24, 2.45) is 5.92 Å². The third kappa shape index (κ3) is 6.19. The van der Waals surface area contributed by atoms with Crippen molar-refractivity contribution in [2.75, 3.05) is 0 Å². The highest BCUT2D eigenvalue weighted by atomic mass is 15.3. The highest BCUT2D eigenvalue weighted by Crippen LogP contribution is 2.15. The highest BCUT2D eigenvalue weighted by molar-refractivity contribution is 4.87. The van der Waals surface area contributed by atoms with Crippen molar-refractivity contribution in [2.45, 2.75) is 78.9 Å². The molecule has 0 aliphatic rings. The van der Waals surface area contributed by atoms with Crippen LogP contribution in [0.5, 0.6) is 0 Å². The monoisotopic (exact) mass is 266 g/mol. The molecule has 0 aliphatic heterocycles. The number of rotatable bonds is 8. The van der Waals surface area contributed by atoms with Gasteiger partial charge in [0.1, 0.15) is 12.2 Å². The topological polar surface area (TPSA) is 42.7 Å². The van der Waals surface area contributed by atoms with Gasteiger partial charge in [-0.25, -0.2) is 9.67 Å². The number of aromatic nitrogens is 3. The minimum atomic E-state index is 0.114. The number of hydrogen-bond acceptors (Lipinski definition) is 3. The molecule has 0 spiro atoms. The average Bonchev–Trinajstić information content (AvgIpc) is 2.78. The van der Waals surface area contributed by atoms with Crippen LogP contribution in [-0.2, 0) is 13.1 Å². The minimum absolute atomic E-state index is 0.114. The van der Waals surface area contributed by atoms with Gasteiger partial charge in [-0.1, -0.05) is 33.1 Å². The molecule has 1 atom stereocenters. The molecule has 1 rings (SSSR count). The van der Waals surface area contributed by atoms with Crippen LogP contribution in [0, 0.1) is 5.92 Å². The summed E-state index contributed by atoms with van der Waals surface area (Å²) < 4.78 is 2.07. The second kappa shape index (κ2) is 7.63. The Bertz CT molecular complexity index is 351. The number of unbranched alkanes of at least 4 members (excludes halogenated alkanes) is 1. The van der Waals surface area contributed by atoms with Gasteiger partial charge in [0.25, 0.3) is 0 Å². The van der Waals surface area contributed by atoms with Gasteiger partial charge in [-0.3, -0.25) is 0 Å². The normalized spacial score (nSPS) is 13.7. The van der Waals surface area contributed by atoms with Crippen LogP contribution < -0.4 is 5.32 Å². The summed E-state index contributed by atoms with van der Waals surface area (Å²) in [5.74, 6) is 1.76. The maximum absolute atomic E-state index is 4.38. The molecule has 4 heteroatoms. The van der Waals surface area contributed by atoms with Crippen molar-refractivity contribution < 1.29 is 0 Å². The molecule has 4 nitrogen and oxygen atoms in total. The third-order valence-electron chi connectivity index (χ3n) is 3.45. The molecule has 0 aromatic carbocycles. The van der Waals surface area contributed by atoms with Crippen LogP contribution in [0.2, 0.25) is 0 Å². The van der Waals surface area contributed by atoms with Gasteiger partial charge in [0.15, 0.2) is 0 Å². The lowest BCUT2D eigenvalue weighted by molar-refractivity contribution is 0.353. The van der Waals surface area contributed by atoms with Gasteiger partial charge in [-0.05, 0) is 33.1 Å². The SMILES string of the molecule is CCCCC(CC)Cn1ncnc1CNC(C)(C)C. The standard InChI is InChI=1S/C15H30N4/c1-6-8-9-13(7-2)11-19-14(16-12-18-19)10-17-15(3,4)5/h12-13,17H,6-11H2,1-5H3. The smallest absolute Gasteiger partial charge is 0.140 e. The largest absolute Gasteiger partial charge is 0.305 e. The number of hydrogen-bond donors (Lipinski definition) is 1.